The third kappa shape index (κ3) is 2.41. The second-order valence-corrected chi connectivity index (χ2v) is 5.26. The molecule has 1 fully saturated rings. The molecule has 0 aliphatic carbocycles. The number of nitrogens with one attached hydrogen (secondary N) is 1. The quantitative estimate of drug-likeness (QED) is 0.905. The molecule has 3 nitrogen and oxygen atoms in total. The molecule has 1 aromatic carbocycles. The number of piperazine rings is 1. The average molecular weight is 266 g/mol. The SMILES string of the molecule is Cc1n[c]c(-c2ccccc2)c(C)c1N1CCNCC1. The summed E-state index contributed by atoms with van der Waals surface area (Å²) < 4.78 is 0. The number of hydrogen-bond acceptors (Lipinski definition) is 3. The third-order valence-electron chi connectivity index (χ3n) is 3.90. The van der Waals surface area contributed by atoms with Crippen LogP contribution in [-0.2, 0) is 0 Å². The second-order valence-electron chi connectivity index (χ2n) is 5.26. The predicted octanol–water partition coefficient (Wildman–Crippen LogP) is 2.58. The monoisotopic (exact) mass is 266 g/mol. The molecular weight excluding hydrogens is 246 g/mol. The Morgan fingerprint density at radius 3 is 2.50 bits per heavy atom. The lowest BCUT2D eigenvalue weighted by Crippen LogP contribution is -2.44. The molecule has 2 heterocycles. The molecule has 1 aliphatic rings. The number of aromatic nitrogens is 1. The Morgan fingerprint density at radius 1 is 1.10 bits per heavy atom. The second kappa shape index (κ2) is 5.63. The van der Waals surface area contributed by atoms with Crippen LogP contribution in [0.25, 0.3) is 11.1 Å². The van der Waals surface area contributed by atoms with Crippen molar-refractivity contribution in [2.75, 3.05) is 31.1 Å². The molecule has 0 amide bonds. The fourth-order valence-corrected chi connectivity index (χ4v) is 2.91. The highest BCUT2D eigenvalue weighted by molar-refractivity contribution is 5.74. The standard InChI is InChI=1S/C17H20N3/c1-13-16(15-6-4-3-5-7-15)12-19-14(2)17(13)20-10-8-18-9-11-20/h3-7,18H,8-11H2,1-2H3. The van der Waals surface area contributed by atoms with Crippen molar-refractivity contribution in [2.45, 2.75) is 13.8 Å². The van der Waals surface area contributed by atoms with Gasteiger partial charge in [0, 0.05) is 31.7 Å². The van der Waals surface area contributed by atoms with Crippen molar-refractivity contribution in [1.82, 2.24) is 10.3 Å². The van der Waals surface area contributed by atoms with Crippen LogP contribution in [0.4, 0.5) is 5.69 Å². The third-order valence-corrected chi connectivity index (χ3v) is 3.90. The number of rotatable bonds is 2. The lowest BCUT2D eigenvalue weighted by Gasteiger charge is -2.32. The van der Waals surface area contributed by atoms with Crippen LogP contribution in [0.15, 0.2) is 30.3 Å². The number of aryl methyl sites for hydroxylation is 1. The van der Waals surface area contributed by atoms with Crippen molar-refractivity contribution in [2.24, 2.45) is 0 Å². The zero-order chi connectivity index (χ0) is 13.9. The first kappa shape index (κ1) is 13.1. The minimum atomic E-state index is 1.04. The minimum Gasteiger partial charge on any atom is -0.367 e. The Hall–Kier alpha value is -1.87. The van der Waals surface area contributed by atoms with E-state index in [1.165, 1.54) is 16.8 Å². The van der Waals surface area contributed by atoms with Crippen molar-refractivity contribution in [1.29, 1.82) is 0 Å². The highest BCUT2D eigenvalue weighted by Crippen LogP contribution is 2.31. The highest BCUT2D eigenvalue weighted by atomic mass is 15.2. The summed E-state index contributed by atoms with van der Waals surface area (Å²) in [5.41, 5.74) is 5.94. The van der Waals surface area contributed by atoms with E-state index in [0.717, 1.165) is 37.4 Å². The van der Waals surface area contributed by atoms with Gasteiger partial charge in [-0.2, -0.15) is 0 Å². The molecule has 1 aromatic heterocycles. The summed E-state index contributed by atoms with van der Waals surface area (Å²) in [5, 5.41) is 3.40. The zero-order valence-electron chi connectivity index (χ0n) is 12.1. The molecule has 0 spiro atoms. The zero-order valence-corrected chi connectivity index (χ0v) is 12.1. The van der Waals surface area contributed by atoms with Crippen LogP contribution < -0.4 is 10.2 Å². The maximum atomic E-state index is 4.50. The number of nitrogens with zero attached hydrogens (tertiary/aromatic N) is 2. The van der Waals surface area contributed by atoms with Gasteiger partial charge in [0.1, 0.15) is 0 Å². The summed E-state index contributed by atoms with van der Waals surface area (Å²) in [6.45, 7) is 8.43. The van der Waals surface area contributed by atoms with E-state index >= 15 is 0 Å². The largest absolute Gasteiger partial charge is 0.367 e. The summed E-state index contributed by atoms with van der Waals surface area (Å²) in [4.78, 5) is 6.94. The average Bonchev–Trinajstić information content (AvgIpc) is 2.49. The Morgan fingerprint density at radius 2 is 1.80 bits per heavy atom. The van der Waals surface area contributed by atoms with Crippen LogP contribution in [0.5, 0.6) is 0 Å². The minimum absolute atomic E-state index is 1.04. The molecule has 3 rings (SSSR count). The van der Waals surface area contributed by atoms with Crippen LogP contribution in [0, 0.1) is 20.0 Å². The normalized spacial score (nSPS) is 15.4. The number of benzene rings is 1. The molecule has 1 saturated heterocycles. The first-order chi connectivity index (χ1) is 9.77. The number of anilines is 1. The maximum absolute atomic E-state index is 4.50. The van der Waals surface area contributed by atoms with Crippen LogP contribution in [0.3, 0.4) is 0 Å². The van der Waals surface area contributed by atoms with Gasteiger partial charge in [0.05, 0.1) is 17.6 Å². The van der Waals surface area contributed by atoms with Crippen LogP contribution in [0.2, 0.25) is 0 Å². The fourth-order valence-electron chi connectivity index (χ4n) is 2.91. The summed E-state index contributed by atoms with van der Waals surface area (Å²) in [6.07, 6.45) is 3.21. The van der Waals surface area contributed by atoms with E-state index < -0.39 is 0 Å². The smallest absolute Gasteiger partial charge is 0.0978 e. The van der Waals surface area contributed by atoms with Crippen molar-refractivity contribution < 1.29 is 0 Å². The van der Waals surface area contributed by atoms with Gasteiger partial charge in [-0.05, 0) is 25.0 Å². The maximum Gasteiger partial charge on any atom is 0.0978 e. The Labute approximate surface area is 120 Å². The molecule has 1 N–H and O–H groups in total. The molecule has 3 heteroatoms. The lowest BCUT2D eigenvalue weighted by molar-refractivity contribution is 0.587. The van der Waals surface area contributed by atoms with Crippen molar-refractivity contribution >= 4 is 5.69 Å². The molecule has 0 bridgehead atoms. The Balaban J connectivity index is 2.06. The van der Waals surface area contributed by atoms with E-state index in [9.17, 15) is 0 Å². The van der Waals surface area contributed by atoms with Gasteiger partial charge in [0.15, 0.2) is 0 Å². The molecule has 1 radical (unpaired) electrons. The molecule has 0 saturated carbocycles. The Kier molecular flexibility index (Phi) is 3.70. The Bertz CT molecular complexity index is 587. The van der Waals surface area contributed by atoms with E-state index in [-0.39, 0.29) is 0 Å². The topological polar surface area (TPSA) is 28.2 Å². The van der Waals surface area contributed by atoms with Gasteiger partial charge in [0.2, 0.25) is 0 Å². The molecular formula is C17H20N3. The number of hydrogen-bond donors (Lipinski definition) is 1. The van der Waals surface area contributed by atoms with E-state index in [0.29, 0.717) is 0 Å². The molecule has 1 aliphatic heterocycles. The summed E-state index contributed by atoms with van der Waals surface area (Å²) in [5.74, 6) is 0. The number of pyridine rings is 1. The first-order valence-electron chi connectivity index (χ1n) is 7.17. The molecule has 103 valence electrons. The van der Waals surface area contributed by atoms with Gasteiger partial charge in [-0.1, -0.05) is 30.3 Å². The predicted molar refractivity (Wildman–Crippen MR) is 83.1 cm³/mol. The van der Waals surface area contributed by atoms with Gasteiger partial charge in [0.25, 0.3) is 0 Å². The van der Waals surface area contributed by atoms with Gasteiger partial charge in [-0.15, -0.1) is 0 Å². The summed E-state index contributed by atoms with van der Waals surface area (Å²) >= 11 is 0. The van der Waals surface area contributed by atoms with Crippen LogP contribution in [-0.4, -0.2) is 31.2 Å². The van der Waals surface area contributed by atoms with Gasteiger partial charge in [-0.3, -0.25) is 0 Å². The van der Waals surface area contributed by atoms with E-state index in [4.69, 9.17) is 0 Å². The van der Waals surface area contributed by atoms with Crippen molar-refractivity contribution in [3.8, 4) is 11.1 Å². The van der Waals surface area contributed by atoms with E-state index in [1.807, 2.05) is 6.07 Å². The summed E-state index contributed by atoms with van der Waals surface area (Å²) in [7, 11) is 0. The molecule has 20 heavy (non-hydrogen) atoms. The van der Waals surface area contributed by atoms with Gasteiger partial charge in [-0.25, -0.2) is 4.98 Å². The lowest BCUT2D eigenvalue weighted by atomic mass is 10.00. The fraction of sp³-hybridized carbons (Fsp3) is 0.353. The van der Waals surface area contributed by atoms with Crippen LogP contribution >= 0.6 is 0 Å². The van der Waals surface area contributed by atoms with Gasteiger partial charge < -0.3 is 10.2 Å². The molecule has 2 aromatic rings. The first-order valence-corrected chi connectivity index (χ1v) is 7.17. The molecule has 0 unspecified atom stereocenters. The molecule has 0 atom stereocenters. The van der Waals surface area contributed by atoms with Crippen molar-refractivity contribution in [3.63, 3.8) is 0 Å². The van der Waals surface area contributed by atoms with E-state index in [2.05, 4.69) is 59.5 Å². The van der Waals surface area contributed by atoms with Crippen molar-refractivity contribution in [3.05, 3.63) is 47.8 Å². The van der Waals surface area contributed by atoms with Crippen LogP contribution in [0.1, 0.15) is 11.3 Å². The van der Waals surface area contributed by atoms with E-state index in [1.54, 1.807) is 0 Å². The summed E-state index contributed by atoms with van der Waals surface area (Å²) in [6, 6.07) is 10.4. The van der Waals surface area contributed by atoms with Gasteiger partial charge >= 0.3 is 0 Å². The highest BCUT2D eigenvalue weighted by Gasteiger charge is 2.18.